The summed E-state index contributed by atoms with van der Waals surface area (Å²) < 4.78 is 3.84. The molecule has 2 N–H and O–H groups in total. The van der Waals surface area contributed by atoms with Crippen molar-refractivity contribution in [1.29, 1.82) is 0 Å². The first-order valence-corrected chi connectivity index (χ1v) is 4.86. The van der Waals surface area contributed by atoms with Gasteiger partial charge in [0, 0.05) is 19.9 Å². The van der Waals surface area contributed by atoms with Crippen LogP contribution in [0.1, 0.15) is 18.4 Å². The molecular formula is C9H15N5. The first kappa shape index (κ1) is 9.21. The minimum Gasteiger partial charge on any atom is -0.330 e. The summed E-state index contributed by atoms with van der Waals surface area (Å²) in [7, 11) is 1.99. The van der Waals surface area contributed by atoms with Crippen LogP contribution in [-0.4, -0.2) is 25.7 Å². The smallest absolute Gasteiger partial charge is 0.232 e. The van der Waals surface area contributed by atoms with E-state index in [0.29, 0.717) is 6.54 Å². The van der Waals surface area contributed by atoms with E-state index in [4.69, 9.17) is 5.73 Å². The van der Waals surface area contributed by atoms with E-state index in [1.54, 1.807) is 0 Å². The van der Waals surface area contributed by atoms with Gasteiger partial charge in [-0.25, -0.2) is 9.50 Å². The first-order valence-electron chi connectivity index (χ1n) is 4.86. The Morgan fingerprint density at radius 3 is 2.86 bits per heavy atom. The maximum atomic E-state index is 5.47. The van der Waals surface area contributed by atoms with Crippen LogP contribution in [0, 0.1) is 0 Å². The highest BCUT2D eigenvalue weighted by molar-refractivity contribution is 5.32. The van der Waals surface area contributed by atoms with Gasteiger partial charge in [-0.3, -0.25) is 0 Å². The fourth-order valence-electron chi connectivity index (χ4n) is 1.59. The number of hydrogen-bond donors (Lipinski definition) is 1. The number of nitrogens with zero attached hydrogens (tertiary/aromatic N) is 4. The molecule has 0 atom stereocenters. The van der Waals surface area contributed by atoms with Gasteiger partial charge in [0.15, 0.2) is 0 Å². The van der Waals surface area contributed by atoms with E-state index in [-0.39, 0.29) is 0 Å². The zero-order valence-electron chi connectivity index (χ0n) is 8.56. The van der Waals surface area contributed by atoms with Crippen LogP contribution in [0.2, 0.25) is 0 Å². The highest BCUT2D eigenvalue weighted by Gasteiger charge is 2.09. The molecule has 0 radical (unpaired) electrons. The van der Waals surface area contributed by atoms with Crippen LogP contribution < -0.4 is 5.73 Å². The largest absolute Gasteiger partial charge is 0.330 e. The highest BCUT2D eigenvalue weighted by atomic mass is 15.4. The molecule has 0 aromatic carbocycles. The van der Waals surface area contributed by atoms with Gasteiger partial charge >= 0.3 is 0 Å². The van der Waals surface area contributed by atoms with Gasteiger partial charge in [0.25, 0.3) is 0 Å². The molecule has 2 aromatic heterocycles. The molecule has 0 fully saturated rings. The summed E-state index contributed by atoms with van der Waals surface area (Å²) in [5, 5.41) is 4.41. The van der Waals surface area contributed by atoms with E-state index < -0.39 is 0 Å². The minimum atomic E-state index is 0.629. The van der Waals surface area contributed by atoms with Gasteiger partial charge in [-0.2, -0.15) is 5.10 Å². The predicted octanol–water partition coefficient (Wildman–Crippen LogP) is 0.131. The summed E-state index contributed by atoms with van der Waals surface area (Å²) in [6.07, 6.45) is 3.68. The van der Waals surface area contributed by atoms with Gasteiger partial charge in [-0.1, -0.05) is 6.92 Å². The van der Waals surface area contributed by atoms with E-state index in [1.807, 2.05) is 22.3 Å². The first-order chi connectivity index (χ1) is 6.76. The second-order valence-electron chi connectivity index (χ2n) is 3.34. The van der Waals surface area contributed by atoms with Crippen LogP contribution in [0.5, 0.6) is 0 Å². The maximum absolute atomic E-state index is 5.47. The Balaban J connectivity index is 2.48. The summed E-state index contributed by atoms with van der Waals surface area (Å²) in [5.74, 6) is 1.94. The Morgan fingerprint density at radius 1 is 1.50 bits per heavy atom. The minimum absolute atomic E-state index is 0.629. The number of rotatable bonds is 3. The highest BCUT2D eigenvalue weighted by Crippen LogP contribution is 2.07. The predicted molar refractivity (Wildman–Crippen MR) is 54.1 cm³/mol. The van der Waals surface area contributed by atoms with Crippen molar-refractivity contribution in [2.75, 3.05) is 6.54 Å². The van der Waals surface area contributed by atoms with E-state index in [0.717, 1.165) is 30.1 Å². The number of nitrogens with two attached hydrogens (primary N) is 1. The molecule has 0 aliphatic rings. The van der Waals surface area contributed by atoms with Gasteiger partial charge in [0.05, 0.1) is 11.9 Å². The Bertz CT molecular complexity index is 439. The van der Waals surface area contributed by atoms with Crippen molar-refractivity contribution in [3.63, 3.8) is 0 Å². The fraction of sp³-hybridized carbons (Fsp3) is 0.556. The van der Waals surface area contributed by atoms with Crippen molar-refractivity contribution in [2.24, 2.45) is 12.8 Å². The lowest BCUT2D eigenvalue weighted by Crippen LogP contribution is -2.03. The van der Waals surface area contributed by atoms with Crippen LogP contribution in [0.4, 0.5) is 0 Å². The summed E-state index contributed by atoms with van der Waals surface area (Å²) in [4.78, 5) is 4.45. The van der Waals surface area contributed by atoms with Gasteiger partial charge in [0.2, 0.25) is 5.78 Å². The van der Waals surface area contributed by atoms with Gasteiger partial charge in [0.1, 0.15) is 5.82 Å². The van der Waals surface area contributed by atoms with Crippen molar-refractivity contribution in [3.8, 4) is 0 Å². The molecule has 0 saturated heterocycles. The average molecular weight is 193 g/mol. The normalized spacial score (nSPS) is 11.4. The number of fused-ring (bicyclic) bond motifs is 1. The molecule has 0 aliphatic carbocycles. The third-order valence-corrected chi connectivity index (χ3v) is 2.35. The van der Waals surface area contributed by atoms with Crippen LogP contribution >= 0.6 is 0 Å². The molecular weight excluding hydrogens is 178 g/mol. The van der Waals surface area contributed by atoms with Crippen molar-refractivity contribution in [1.82, 2.24) is 19.2 Å². The zero-order valence-corrected chi connectivity index (χ0v) is 8.56. The topological polar surface area (TPSA) is 61.1 Å². The van der Waals surface area contributed by atoms with Crippen LogP contribution in [0.3, 0.4) is 0 Å². The monoisotopic (exact) mass is 193 g/mol. The number of hydrogen-bond acceptors (Lipinski definition) is 3. The Hall–Kier alpha value is -1.36. The maximum Gasteiger partial charge on any atom is 0.232 e. The molecule has 0 aliphatic heterocycles. The van der Waals surface area contributed by atoms with Crippen LogP contribution in [0.25, 0.3) is 5.78 Å². The average Bonchev–Trinajstić information content (AvgIpc) is 2.67. The van der Waals surface area contributed by atoms with Gasteiger partial charge in [-0.05, 0) is 6.54 Å². The van der Waals surface area contributed by atoms with Gasteiger partial charge in [-0.15, -0.1) is 0 Å². The third kappa shape index (κ3) is 1.29. The van der Waals surface area contributed by atoms with Crippen molar-refractivity contribution >= 4 is 5.78 Å². The van der Waals surface area contributed by atoms with E-state index in [9.17, 15) is 0 Å². The molecule has 5 nitrogen and oxygen atoms in total. The summed E-state index contributed by atoms with van der Waals surface area (Å²) in [6.45, 7) is 2.72. The third-order valence-electron chi connectivity index (χ3n) is 2.35. The Morgan fingerprint density at radius 2 is 2.29 bits per heavy atom. The molecule has 0 saturated carbocycles. The summed E-state index contributed by atoms with van der Waals surface area (Å²) in [5.41, 5.74) is 6.48. The lowest BCUT2D eigenvalue weighted by molar-refractivity contribution is 0.802. The van der Waals surface area contributed by atoms with Crippen molar-refractivity contribution in [3.05, 3.63) is 17.7 Å². The zero-order chi connectivity index (χ0) is 10.1. The van der Waals surface area contributed by atoms with Crippen molar-refractivity contribution < 1.29 is 0 Å². The quantitative estimate of drug-likeness (QED) is 0.753. The lowest BCUT2D eigenvalue weighted by Gasteiger charge is -1.94. The van der Waals surface area contributed by atoms with Gasteiger partial charge < -0.3 is 10.3 Å². The SMILES string of the molecule is CCc1nn2cc(CCN)nc2n1C. The molecule has 0 spiro atoms. The van der Waals surface area contributed by atoms with E-state index in [2.05, 4.69) is 17.0 Å². The second-order valence-corrected chi connectivity index (χ2v) is 3.34. The molecule has 5 heteroatoms. The van der Waals surface area contributed by atoms with Crippen molar-refractivity contribution in [2.45, 2.75) is 19.8 Å². The standard InChI is InChI=1S/C9H15N5/c1-3-8-12-14-6-7(4-5-10)11-9(14)13(8)2/h6H,3-5,10H2,1-2H3. The molecule has 14 heavy (non-hydrogen) atoms. The molecule has 2 rings (SSSR count). The number of aryl methyl sites for hydroxylation is 2. The van der Waals surface area contributed by atoms with E-state index >= 15 is 0 Å². The number of imidazole rings is 1. The lowest BCUT2D eigenvalue weighted by atomic mass is 10.3. The molecule has 0 amide bonds. The molecule has 2 heterocycles. The molecule has 2 aromatic rings. The fourth-order valence-corrected chi connectivity index (χ4v) is 1.59. The number of aromatic nitrogens is 4. The summed E-state index contributed by atoms with van der Waals surface area (Å²) in [6, 6.07) is 0. The summed E-state index contributed by atoms with van der Waals surface area (Å²) >= 11 is 0. The van der Waals surface area contributed by atoms with Crippen LogP contribution in [-0.2, 0) is 19.9 Å². The van der Waals surface area contributed by atoms with Crippen LogP contribution in [0.15, 0.2) is 6.20 Å². The Kier molecular flexibility index (Phi) is 2.25. The second kappa shape index (κ2) is 3.42. The molecule has 0 unspecified atom stereocenters. The molecule has 76 valence electrons. The van der Waals surface area contributed by atoms with E-state index in [1.165, 1.54) is 0 Å². The molecule has 0 bridgehead atoms. The Labute approximate surface area is 82.5 Å².